The summed E-state index contributed by atoms with van der Waals surface area (Å²) in [6.07, 6.45) is 1.81. The fourth-order valence-electron chi connectivity index (χ4n) is 6.15. The molecule has 42 heavy (non-hydrogen) atoms. The van der Waals surface area contributed by atoms with Gasteiger partial charge in [-0.25, -0.2) is 0 Å². The molecule has 1 aliphatic heterocycles. The van der Waals surface area contributed by atoms with Gasteiger partial charge in [0.25, 0.3) is 5.91 Å². The number of ketones is 1. The Morgan fingerprint density at radius 2 is 1.60 bits per heavy atom. The SMILES string of the molecule is CCCOc1ccccc1C1C2C(=O)CC(c3ccc(OC)cc3)CC2=Nc2ccccc2N1C(=O)c1ccccc1. The summed E-state index contributed by atoms with van der Waals surface area (Å²) in [5.41, 5.74) is 4.58. The van der Waals surface area contributed by atoms with Gasteiger partial charge in [0.05, 0.1) is 37.1 Å². The van der Waals surface area contributed by atoms with E-state index in [4.69, 9.17) is 14.5 Å². The number of rotatable bonds is 7. The zero-order valence-corrected chi connectivity index (χ0v) is 23.9. The summed E-state index contributed by atoms with van der Waals surface area (Å²) in [5.74, 6) is 0.701. The summed E-state index contributed by atoms with van der Waals surface area (Å²) in [6, 6.07) is 32.0. The van der Waals surface area contributed by atoms with E-state index in [1.807, 2.05) is 103 Å². The smallest absolute Gasteiger partial charge is 0.258 e. The Bertz CT molecular complexity index is 1610. The summed E-state index contributed by atoms with van der Waals surface area (Å²) < 4.78 is 11.6. The molecule has 3 atom stereocenters. The Morgan fingerprint density at radius 3 is 2.36 bits per heavy atom. The van der Waals surface area contributed by atoms with Gasteiger partial charge in [0, 0.05) is 23.3 Å². The van der Waals surface area contributed by atoms with Gasteiger partial charge in [0.1, 0.15) is 17.3 Å². The second-order valence-electron chi connectivity index (χ2n) is 10.8. The molecule has 0 N–H and O–H groups in total. The second kappa shape index (κ2) is 12.0. The van der Waals surface area contributed by atoms with Crippen molar-refractivity contribution in [3.05, 3.63) is 120 Å². The van der Waals surface area contributed by atoms with Gasteiger partial charge in [-0.2, -0.15) is 0 Å². The Kier molecular flexibility index (Phi) is 7.87. The zero-order valence-electron chi connectivity index (χ0n) is 23.9. The first-order valence-corrected chi connectivity index (χ1v) is 14.5. The first kappa shape index (κ1) is 27.5. The highest BCUT2D eigenvalue weighted by atomic mass is 16.5. The maximum absolute atomic E-state index is 14.5. The number of para-hydroxylation sites is 3. The van der Waals surface area contributed by atoms with Crippen LogP contribution in [0.1, 0.15) is 59.6 Å². The minimum Gasteiger partial charge on any atom is -0.497 e. The molecule has 1 aliphatic carbocycles. The van der Waals surface area contributed by atoms with Crippen molar-refractivity contribution in [3.63, 3.8) is 0 Å². The van der Waals surface area contributed by atoms with Crippen LogP contribution >= 0.6 is 0 Å². The van der Waals surface area contributed by atoms with E-state index in [0.717, 1.165) is 29.0 Å². The molecule has 4 aromatic rings. The van der Waals surface area contributed by atoms with Crippen molar-refractivity contribution in [1.82, 2.24) is 0 Å². The first-order chi connectivity index (χ1) is 20.6. The van der Waals surface area contributed by atoms with Crippen molar-refractivity contribution in [2.24, 2.45) is 10.9 Å². The molecule has 1 amide bonds. The van der Waals surface area contributed by atoms with Gasteiger partial charge < -0.3 is 9.47 Å². The fraction of sp³-hybridized carbons (Fsp3) is 0.250. The third kappa shape index (κ3) is 5.20. The van der Waals surface area contributed by atoms with Crippen LogP contribution in [0, 0.1) is 5.92 Å². The molecule has 1 heterocycles. The molecule has 1 fully saturated rings. The third-order valence-corrected chi connectivity index (χ3v) is 8.13. The number of Topliss-reactive ketones (excluding diaryl/α,β-unsaturated/α-hetero) is 1. The van der Waals surface area contributed by atoms with E-state index in [1.165, 1.54) is 0 Å². The number of methoxy groups -OCH3 is 1. The van der Waals surface area contributed by atoms with Gasteiger partial charge in [-0.05, 0) is 66.8 Å². The van der Waals surface area contributed by atoms with Gasteiger partial charge in [-0.3, -0.25) is 19.5 Å². The van der Waals surface area contributed by atoms with E-state index < -0.39 is 12.0 Å². The van der Waals surface area contributed by atoms with Gasteiger partial charge in [0.2, 0.25) is 0 Å². The maximum atomic E-state index is 14.5. The molecule has 0 aromatic heterocycles. The monoisotopic (exact) mass is 558 g/mol. The maximum Gasteiger partial charge on any atom is 0.258 e. The van der Waals surface area contributed by atoms with Gasteiger partial charge >= 0.3 is 0 Å². The summed E-state index contributed by atoms with van der Waals surface area (Å²) in [5, 5.41) is 0. The molecule has 212 valence electrons. The summed E-state index contributed by atoms with van der Waals surface area (Å²) in [7, 11) is 1.64. The molecule has 0 radical (unpaired) electrons. The highest BCUT2D eigenvalue weighted by Crippen LogP contribution is 2.49. The van der Waals surface area contributed by atoms with Crippen LogP contribution in [-0.4, -0.2) is 31.1 Å². The van der Waals surface area contributed by atoms with Crippen molar-refractivity contribution in [1.29, 1.82) is 0 Å². The molecule has 0 saturated heterocycles. The lowest BCUT2D eigenvalue weighted by Crippen LogP contribution is -2.45. The Labute approximate surface area is 246 Å². The highest BCUT2D eigenvalue weighted by molar-refractivity contribution is 6.15. The number of aliphatic imine (C=N–C) groups is 1. The van der Waals surface area contributed by atoms with Crippen LogP contribution in [0.25, 0.3) is 0 Å². The topological polar surface area (TPSA) is 68.2 Å². The van der Waals surface area contributed by atoms with Crippen LogP contribution in [0.4, 0.5) is 11.4 Å². The van der Waals surface area contributed by atoms with E-state index in [2.05, 4.69) is 6.92 Å². The first-order valence-electron chi connectivity index (χ1n) is 14.5. The lowest BCUT2D eigenvalue weighted by molar-refractivity contribution is -0.122. The molecular weight excluding hydrogens is 524 g/mol. The summed E-state index contributed by atoms with van der Waals surface area (Å²) in [4.78, 5) is 35.8. The number of benzene rings is 4. The number of fused-ring (bicyclic) bond motifs is 2. The van der Waals surface area contributed by atoms with Crippen LogP contribution in [0.3, 0.4) is 0 Å². The normalized spacial score (nSPS) is 19.7. The lowest BCUT2D eigenvalue weighted by atomic mass is 9.72. The molecule has 6 heteroatoms. The van der Waals surface area contributed by atoms with E-state index in [1.54, 1.807) is 12.0 Å². The minimum atomic E-state index is -0.627. The van der Waals surface area contributed by atoms with Crippen molar-refractivity contribution >= 4 is 28.8 Å². The molecule has 2 aliphatic rings. The van der Waals surface area contributed by atoms with Crippen LogP contribution in [0.5, 0.6) is 11.5 Å². The van der Waals surface area contributed by atoms with Gasteiger partial charge in [-0.15, -0.1) is 0 Å². The number of anilines is 1. The predicted octanol–water partition coefficient (Wildman–Crippen LogP) is 7.72. The van der Waals surface area contributed by atoms with Gasteiger partial charge in [0.15, 0.2) is 0 Å². The van der Waals surface area contributed by atoms with Crippen LogP contribution < -0.4 is 14.4 Å². The molecule has 1 saturated carbocycles. The predicted molar refractivity (Wildman–Crippen MR) is 165 cm³/mol. The van der Waals surface area contributed by atoms with Crippen LogP contribution in [0.2, 0.25) is 0 Å². The van der Waals surface area contributed by atoms with Crippen molar-refractivity contribution in [2.45, 2.75) is 38.1 Å². The fourth-order valence-corrected chi connectivity index (χ4v) is 6.15. The average Bonchev–Trinajstić information content (AvgIpc) is 3.18. The zero-order chi connectivity index (χ0) is 29.1. The summed E-state index contributed by atoms with van der Waals surface area (Å²) in [6.45, 7) is 2.59. The number of nitrogens with zero attached hydrogens (tertiary/aromatic N) is 2. The van der Waals surface area contributed by atoms with Crippen LogP contribution in [-0.2, 0) is 4.79 Å². The standard InChI is InChI=1S/C36H34N2O4/c1-3-21-42-33-16-10-7-13-28(33)35-34-30(22-26(23-32(34)39)24-17-19-27(41-2)20-18-24)37-29-14-8-9-15-31(29)38(35)36(40)25-11-5-4-6-12-25/h4-20,26,34-35H,3,21-23H2,1-2H3. The number of ether oxygens (including phenoxy) is 2. The Morgan fingerprint density at radius 1 is 0.881 bits per heavy atom. The van der Waals surface area contributed by atoms with E-state index in [0.29, 0.717) is 42.1 Å². The number of hydrogen-bond acceptors (Lipinski definition) is 5. The van der Waals surface area contributed by atoms with Crippen LogP contribution in [0.15, 0.2) is 108 Å². The Balaban J connectivity index is 1.53. The molecule has 6 rings (SSSR count). The molecule has 0 bridgehead atoms. The third-order valence-electron chi connectivity index (χ3n) is 8.13. The number of amides is 1. The molecule has 4 aromatic carbocycles. The Hall–Kier alpha value is -4.71. The van der Waals surface area contributed by atoms with Crippen molar-refractivity contribution in [2.75, 3.05) is 18.6 Å². The molecular formula is C36H34N2O4. The molecule has 0 spiro atoms. The lowest BCUT2D eigenvalue weighted by Gasteiger charge is -2.39. The minimum absolute atomic E-state index is 0.0193. The summed E-state index contributed by atoms with van der Waals surface area (Å²) >= 11 is 0. The number of hydrogen-bond donors (Lipinski definition) is 0. The number of carbonyl (C=O) groups is 2. The van der Waals surface area contributed by atoms with E-state index >= 15 is 0 Å². The van der Waals surface area contributed by atoms with Gasteiger partial charge in [-0.1, -0.05) is 67.6 Å². The average molecular weight is 559 g/mol. The van der Waals surface area contributed by atoms with Crippen molar-refractivity contribution < 1.29 is 19.1 Å². The highest BCUT2D eigenvalue weighted by Gasteiger charge is 2.47. The quantitative estimate of drug-likeness (QED) is 0.233. The van der Waals surface area contributed by atoms with E-state index in [9.17, 15) is 9.59 Å². The largest absolute Gasteiger partial charge is 0.497 e. The van der Waals surface area contributed by atoms with Crippen molar-refractivity contribution in [3.8, 4) is 11.5 Å². The molecule has 3 unspecified atom stereocenters. The molecule has 6 nitrogen and oxygen atoms in total. The number of carbonyl (C=O) groups excluding carboxylic acids is 2. The second-order valence-corrected chi connectivity index (χ2v) is 10.8. The van der Waals surface area contributed by atoms with E-state index in [-0.39, 0.29) is 17.6 Å².